The van der Waals surface area contributed by atoms with E-state index in [0.717, 1.165) is 21.4 Å². The number of thiocarbonyl (C=S) groups is 1. The number of rotatable bonds is 3. The summed E-state index contributed by atoms with van der Waals surface area (Å²) in [4.78, 5) is 0.372. The molecular formula is C14H13BrN2S. The molecule has 0 radical (unpaired) electrons. The number of anilines is 2. The minimum absolute atomic E-state index is 0.372. The van der Waals surface area contributed by atoms with Gasteiger partial charge in [-0.15, -0.1) is 0 Å². The van der Waals surface area contributed by atoms with Crippen molar-refractivity contribution in [3.05, 3.63) is 58.1 Å². The van der Waals surface area contributed by atoms with Gasteiger partial charge >= 0.3 is 0 Å². The molecule has 0 fully saturated rings. The average Bonchev–Trinajstić information content (AvgIpc) is 2.32. The molecule has 2 rings (SSSR count). The lowest BCUT2D eigenvalue weighted by Gasteiger charge is -2.12. The van der Waals surface area contributed by atoms with Gasteiger partial charge in [0.1, 0.15) is 4.99 Å². The van der Waals surface area contributed by atoms with E-state index in [2.05, 4.69) is 40.3 Å². The monoisotopic (exact) mass is 320 g/mol. The Labute approximate surface area is 120 Å². The second-order valence-electron chi connectivity index (χ2n) is 4.02. The Morgan fingerprint density at radius 3 is 2.44 bits per heavy atom. The van der Waals surface area contributed by atoms with Crippen molar-refractivity contribution in [2.75, 3.05) is 5.32 Å². The van der Waals surface area contributed by atoms with Gasteiger partial charge in [0.25, 0.3) is 0 Å². The van der Waals surface area contributed by atoms with Crippen molar-refractivity contribution >= 4 is 44.5 Å². The molecular weight excluding hydrogens is 308 g/mol. The third-order valence-electron chi connectivity index (χ3n) is 2.59. The lowest BCUT2D eigenvalue weighted by molar-refractivity contribution is 1.44. The molecule has 2 aromatic carbocycles. The van der Waals surface area contributed by atoms with Gasteiger partial charge in [0.05, 0.1) is 0 Å². The summed E-state index contributed by atoms with van der Waals surface area (Å²) < 4.78 is 0.895. The molecule has 18 heavy (non-hydrogen) atoms. The number of nitrogens with one attached hydrogen (secondary N) is 1. The van der Waals surface area contributed by atoms with Gasteiger partial charge in [-0.3, -0.25) is 0 Å². The van der Waals surface area contributed by atoms with Gasteiger partial charge in [-0.1, -0.05) is 36.0 Å². The smallest absolute Gasteiger partial charge is 0.107 e. The highest BCUT2D eigenvalue weighted by atomic mass is 79.9. The fraction of sp³-hybridized carbons (Fsp3) is 0.0714. The van der Waals surface area contributed by atoms with Gasteiger partial charge in [0, 0.05) is 21.4 Å². The zero-order chi connectivity index (χ0) is 13.1. The fourth-order valence-electron chi connectivity index (χ4n) is 1.67. The highest BCUT2D eigenvalue weighted by molar-refractivity contribution is 9.10. The Balaban J connectivity index is 2.37. The van der Waals surface area contributed by atoms with E-state index < -0.39 is 0 Å². The first-order chi connectivity index (χ1) is 8.58. The minimum Gasteiger partial charge on any atom is -0.389 e. The van der Waals surface area contributed by atoms with Gasteiger partial charge in [-0.2, -0.15) is 0 Å². The van der Waals surface area contributed by atoms with Crippen LogP contribution in [0.25, 0.3) is 0 Å². The Bertz CT molecular complexity index is 579. The summed E-state index contributed by atoms with van der Waals surface area (Å²) in [6.07, 6.45) is 0. The maximum atomic E-state index is 5.75. The summed E-state index contributed by atoms with van der Waals surface area (Å²) in [6, 6.07) is 14.0. The Kier molecular flexibility index (Phi) is 3.99. The van der Waals surface area contributed by atoms with Gasteiger partial charge in [0.15, 0.2) is 0 Å². The van der Waals surface area contributed by atoms with Gasteiger partial charge < -0.3 is 11.1 Å². The minimum atomic E-state index is 0.372. The van der Waals surface area contributed by atoms with Crippen LogP contribution in [-0.2, 0) is 0 Å². The quantitative estimate of drug-likeness (QED) is 0.835. The zero-order valence-corrected chi connectivity index (χ0v) is 12.3. The van der Waals surface area contributed by atoms with Crippen molar-refractivity contribution in [3.63, 3.8) is 0 Å². The van der Waals surface area contributed by atoms with Crippen molar-refractivity contribution in [1.29, 1.82) is 0 Å². The molecule has 0 spiro atoms. The van der Waals surface area contributed by atoms with Crippen LogP contribution in [0.1, 0.15) is 11.1 Å². The molecule has 2 nitrogen and oxygen atoms in total. The van der Waals surface area contributed by atoms with E-state index in [-0.39, 0.29) is 0 Å². The van der Waals surface area contributed by atoms with Crippen LogP contribution >= 0.6 is 28.1 Å². The van der Waals surface area contributed by atoms with Crippen LogP contribution in [0.3, 0.4) is 0 Å². The summed E-state index contributed by atoms with van der Waals surface area (Å²) in [5.74, 6) is 0. The topological polar surface area (TPSA) is 38.0 Å². The third kappa shape index (κ3) is 2.89. The second kappa shape index (κ2) is 5.50. The number of hydrogen-bond donors (Lipinski definition) is 2. The molecule has 2 aromatic rings. The summed E-state index contributed by atoms with van der Waals surface area (Å²) in [6.45, 7) is 2.06. The van der Waals surface area contributed by atoms with E-state index in [1.54, 1.807) is 0 Å². The number of aryl methyl sites for hydroxylation is 1. The van der Waals surface area contributed by atoms with Crippen LogP contribution in [0.15, 0.2) is 46.9 Å². The molecule has 0 saturated carbocycles. The normalized spacial score (nSPS) is 10.1. The fourth-order valence-corrected chi connectivity index (χ4v) is 2.60. The maximum absolute atomic E-state index is 5.75. The second-order valence-corrected chi connectivity index (χ2v) is 5.31. The molecule has 0 unspecified atom stereocenters. The largest absolute Gasteiger partial charge is 0.389 e. The Hall–Kier alpha value is -1.39. The maximum Gasteiger partial charge on any atom is 0.107 e. The molecule has 0 amide bonds. The number of nitrogens with two attached hydrogens (primary N) is 1. The summed E-state index contributed by atoms with van der Waals surface area (Å²) in [5.41, 5.74) is 9.72. The van der Waals surface area contributed by atoms with Gasteiger partial charge in [0.2, 0.25) is 0 Å². The molecule has 0 saturated heterocycles. The van der Waals surface area contributed by atoms with Crippen LogP contribution in [0.5, 0.6) is 0 Å². The highest BCUT2D eigenvalue weighted by Crippen LogP contribution is 2.27. The first kappa shape index (κ1) is 13.1. The standard InChI is InChI=1S/C14H13BrN2S/c1-9-5-7-10(8-6-9)17-12-4-2-3-11(15)13(12)14(16)18/h2-8,17H,1H3,(H2,16,18). The molecule has 92 valence electrons. The van der Waals surface area contributed by atoms with Crippen molar-refractivity contribution < 1.29 is 0 Å². The van der Waals surface area contributed by atoms with Gasteiger partial charge in [-0.05, 0) is 47.1 Å². The molecule has 0 atom stereocenters. The molecule has 0 bridgehead atoms. The van der Waals surface area contributed by atoms with Crippen molar-refractivity contribution in [2.24, 2.45) is 5.73 Å². The molecule has 4 heteroatoms. The molecule has 0 heterocycles. The van der Waals surface area contributed by atoms with E-state index in [1.165, 1.54) is 5.56 Å². The van der Waals surface area contributed by atoms with Crippen LogP contribution < -0.4 is 11.1 Å². The number of hydrogen-bond acceptors (Lipinski definition) is 2. The zero-order valence-electron chi connectivity index (χ0n) is 9.91. The van der Waals surface area contributed by atoms with Crippen LogP contribution in [0, 0.1) is 6.92 Å². The lowest BCUT2D eigenvalue weighted by atomic mass is 10.1. The van der Waals surface area contributed by atoms with Crippen molar-refractivity contribution in [2.45, 2.75) is 6.92 Å². The van der Waals surface area contributed by atoms with E-state index in [4.69, 9.17) is 18.0 Å². The summed E-state index contributed by atoms with van der Waals surface area (Å²) in [5, 5.41) is 3.32. The van der Waals surface area contributed by atoms with E-state index in [1.807, 2.05) is 30.3 Å². The van der Waals surface area contributed by atoms with Crippen molar-refractivity contribution in [1.82, 2.24) is 0 Å². The molecule has 0 aliphatic carbocycles. The molecule has 0 aliphatic rings. The summed E-state index contributed by atoms with van der Waals surface area (Å²) >= 11 is 8.55. The highest BCUT2D eigenvalue weighted by Gasteiger charge is 2.09. The van der Waals surface area contributed by atoms with Crippen LogP contribution in [-0.4, -0.2) is 4.99 Å². The van der Waals surface area contributed by atoms with Crippen molar-refractivity contribution in [3.8, 4) is 0 Å². The van der Waals surface area contributed by atoms with Crippen LogP contribution in [0.2, 0.25) is 0 Å². The average molecular weight is 321 g/mol. The SMILES string of the molecule is Cc1ccc(Nc2cccc(Br)c2C(N)=S)cc1. The first-order valence-electron chi connectivity index (χ1n) is 5.50. The summed E-state index contributed by atoms with van der Waals surface area (Å²) in [7, 11) is 0. The van der Waals surface area contributed by atoms with E-state index in [9.17, 15) is 0 Å². The van der Waals surface area contributed by atoms with Gasteiger partial charge in [-0.25, -0.2) is 0 Å². The Morgan fingerprint density at radius 2 is 1.83 bits per heavy atom. The molecule has 0 aromatic heterocycles. The lowest BCUT2D eigenvalue weighted by Crippen LogP contribution is -2.12. The van der Waals surface area contributed by atoms with E-state index in [0.29, 0.717) is 4.99 Å². The first-order valence-corrected chi connectivity index (χ1v) is 6.70. The molecule has 0 aliphatic heterocycles. The number of halogens is 1. The predicted molar refractivity (Wildman–Crippen MR) is 84.5 cm³/mol. The predicted octanol–water partition coefficient (Wildman–Crippen LogP) is 4.14. The van der Waals surface area contributed by atoms with E-state index >= 15 is 0 Å². The van der Waals surface area contributed by atoms with Crippen LogP contribution in [0.4, 0.5) is 11.4 Å². The Morgan fingerprint density at radius 1 is 1.17 bits per heavy atom. The number of benzene rings is 2. The molecule has 3 N–H and O–H groups in total. The third-order valence-corrected chi connectivity index (χ3v) is 3.46.